The number of rotatable bonds is 6. The molecule has 126 valence electrons. The van der Waals surface area contributed by atoms with Crippen LogP contribution in [0.3, 0.4) is 0 Å². The lowest BCUT2D eigenvalue weighted by atomic mass is 10.2. The molecule has 0 fully saturated rings. The third kappa shape index (κ3) is 3.87. The summed E-state index contributed by atoms with van der Waals surface area (Å²) >= 11 is 0. The van der Waals surface area contributed by atoms with Crippen molar-refractivity contribution >= 4 is 11.8 Å². The fraction of sp³-hybridized carbons (Fsp3) is 0.294. The summed E-state index contributed by atoms with van der Waals surface area (Å²) in [4.78, 5) is 25.2. The number of amides is 2. The van der Waals surface area contributed by atoms with E-state index in [9.17, 15) is 9.59 Å². The van der Waals surface area contributed by atoms with E-state index in [2.05, 4.69) is 5.32 Å². The molecule has 1 aromatic heterocycles. The van der Waals surface area contributed by atoms with E-state index in [1.165, 1.54) is 18.1 Å². The minimum atomic E-state index is -0.241. The molecule has 1 N–H and O–H groups in total. The van der Waals surface area contributed by atoms with Crippen molar-refractivity contribution in [3.05, 3.63) is 47.9 Å². The van der Waals surface area contributed by atoms with Gasteiger partial charge in [-0.2, -0.15) is 0 Å². The number of carbonyl (C=O) groups is 2. The van der Waals surface area contributed by atoms with Gasteiger partial charge < -0.3 is 24.1 Å². The maximum Gasteiger partial charge on any atom is 0.239 e. The number of nitrogens with zero attached hydrogens (tertiary/aromatic N) is 1. The maximum absolute atomic E-state index is 12.1. The molecule has 0 atom stereocenters. The van der Waals surface area contributed by atoms with Crippen molar-refractivity contribution < 1.29 is 23.5 Å². The van der Waals surface area contributed by atoms with Crippen LogP contribution >= 0.6 is 0 Å². The summed E-state index contributed by atoms with van der Waals surface area (Å²) in [6, 6.07) is 9.00. The van der Waals surface area contributed by atoms with Gasteiger partial charge in [0.2, 0.25) is 18.6 Å². The van der Waals surface area contributed by atoms with E-state index in [4.69, 9.17) is 13.9 Å². The molecule has 7 nitrogen and oxygen atoms in total. The molecule has 0 saturated heterocycles. The van der Waals surface area contributed by atoms with Crippen LogP contribution < -0.4 is 14.8 Å². The predicted molar refractivity (Wildman–Crippen MR) is 84.2 cm³/mol. The number of carbonyl (C=O) groups excluding carboxylic acids is 2. The Hall–Kier alpha value is -2.96. The van der Waals surface area contributed by atoms with Crippen LogP contribution in [0.4, 0.5) is 0 Å². The van der Waals surface area contributed by atoms with Crippen LogP contribution in [-0.4, -0.2) is 30.1 Å². The molecule has 1 aliphatic heterocycles. The number of hydrogen-bond acceptors (Lipinski definition) is 5. The molecule has 2 heterocycles. The minimum absolute atomic E-state index is 0.0272. The van der Waals surface area contributed by atoms with Gasteiger partial charge in [-0.05, 0) is 29.8 Å². The van der Waals surface area contributed by atoms with Gasteiger partial charge in [0.05, 0.1) is 19.4 Å². The first-order valence-electron chi connectivity index (χ1n) is 7.55. The van der Waals surface area contributed by atoms with Gasteiger partial charge in [0.15, 0.2) is 11.5 Å². The van der Waals surface area contributed by atoms with E-state index < -0.39 is 0 Å². The monoisotopic (exact) mass is 330 g/mol. The summed E-state index contributed by atoms with van der Waals surface area (Å²) in [6.07, 6.45) is 1.54. The van der Waals surface area contributed by atoms with Crippen LogP contribution in [0.1, 0.15) is 18.2 Å². The smallest absolute Gasteiger partial charge is 0.239 e. The Morgan fingerprint density at radius 1 is 1.21 bits per heavy atom. The van der Waals surface area contributed by atoms with E-state index in [0.29, 0.717) is 23.8 Å². The molecule has 0 saturated carbocycles. The highest BCUT2D eigenvalue weighted by atomic mass is 16.7. The molecule has 0 aliphatic carbocycles. The number of fused-ring (bicyclic) bond motifs is 1. The zero-order valence-corrected chi connectivity index (χ0v) is 13.3. The predicted octanol–water partition coefficient (Wildman–Crippen LogP) is 1.67. The fourth-order valence-corrected chi connectivity index (χ4v) is 2.35. The summed E-state index contributed by atoms with van der Waals surface area (Å²) in [7, 11) is 0. The Bertz CT molecular complexity index is 727. The van der Waals surface area contributed by atoms with Crippen LogP contribution in [0.25, 0.3) is 0 Å². The van der Waals surface area contributed by atoms with Gasteiger partial charge in [0, 0.05) is 13.5 Å². The SMILES string of the molecule is CC(=O)N(CC(=O)NCc1ccc2c(c1)OCO2)Cc1ccco1. The van der Waals surface area contributed by atoms with Crippen molar-refractivity contribution in [1.29, 1.82) is 0 Å². The second kappa shape index (κ2) is 7.08. The lowest BCUT2D eigenvalue weighted by Crippen LogP contribution is -2.39. The highest BCUT2D eigenvalue weighted by Gasteiger charge is 2.16. The number of benzene rings is 1. The highest BCUT2D eigenvalue weighted by molar-refractivity contribution is 5.83. The van der Waals surface area contributed by atoms with E-state index in [1.54, 1.807) is 12.1 Å². The van der Waals surface area contributed by atoms with Crippen LogP contribution in [0.15, 0.2) is 41.0 Å². The molecule has 2 amide bonds. The molecule has 0 spiro atoms. The second-order valence-corrected chi connectivity index (χ2v) is 5.42. The number of hydrogen-bond donors (Lipinski definition) is 1. The lowest BCUT2D eigenvalue weighted by Gasteiger charge is -2.19. The van der Waals surface area contributed by atoms with E-state index >= 15 is 0 Å². The molecule has 7 heteroatoms. The summed E-state index contributed by atoms with van der Waals surface area (Å²) in [5.74, 6) is 1.57. The molecule has 0 radical (unpaired) electrons. The maximum atomic E-state index is 12.1. The zero-order valence-electron chi connectivity index (χ0n) is 13.3. The molecular formula is C17H18N2O5. The van der Waals surface area contributed by atoms with E-state index in [1.807, 2.05) is 18.2 Å². The Morgan fingerprint density at radius 2 is 2.04 bits per heavy atom. The highest BCUT2D eigenvalue weighted by Crippen LogP contribution is 2.32. The first-order valence-corrected chi connectivity index (χ1v) is 7.55. The molecule has 0 bridgehead atoms. The Balaban J connectivity index is 1.53. The van der Waals surface area contributed by atoms with Crippen molar-refractivity contribution in [2.24, 2.45) is 0 Å². The van der Waals surface area contributed by atoms with Gasteiger partial charge in [-0.1, -0.05) is 6.07 Å². The fourth-order valence-electron chi connectivity index (χ4n) is 2.35. The van der Waals surface area contributed by atoms with Gasteiger partial charge in [0.1, 0.15) is 5.76 Å². The van der Waals surface area contributed by atoms with Gasteiger partial charge in [-0.25, -0.2) is 0 Å². The minimum Gasteiger partial charge on any atom is -0.467 e. The molecule has 3 rings (SSSR count). The van der Waals surface area contributed by atoms with Gasteiger partial charge >= 0.3 is 0 Å². The molecule has 0 unspecified atom stereocenters. The Morgan fingerprint density at radius 3 is 2.79 bits per heavy atom. The van der Waals surface area contributed by atoms with Crippen LogP contribution in [-0.2, 0) is 22.7 Å². The second-order valence-electron chi connectivity index (χ2n) is 5.42. The quantitative estimate of drug-likeness (QED) is 0.871. The number of furan rings is 1. The summed E-state index contributed by atoms with van der Waals surface area (Å²) in [5.41, 5.74) is 0.896. The normalized spacial score (nSPS) is 12.0. The summed E-state index contributed by atoms with van der Waals surface area (Å²) in [5, 5.41) is 2.80. The molecule has 24 heavy (non-hydrogen) atoms. The van der Waals surface area contributed by atoms with Gasteiger partial charge in [-0.3, -0.25) is 9.59 Å². The molecule has 1 aliphatic rings. The molecular weight excluding hydrogens is 312 g/mol. The topological polar surface area (TPSA) is 81.0 Å². The van der Waals surface area contributed by atoms with Gasteiger partial charge in [0.25, 0.3) is 0 Å². The first kappa shape index (κ1) is 15.9. The van der Waals surface area contributed by atoms with Crippen molar-refractivity contribution in [2.75, 3.05) is 13.3 Å². The lowest BCUT2D eigenvalue weighted by molar-refractivity contribution is -0.135. The Labute approximate surface area is 139 Å². The van der Waals surface area contributed by atoms with Crippen LogP contribution in [0, 0.1) is 0 Å². The van der Waals surface area contributed by atoms with Crippen molar-refractivity contribution in [1.82, 2.24) is 10.2 Å². The third-order valence-electron chi connectivity index (χ3n) is 3.63. The largest absolute Gasteiger partial charge is 0.467 e. The summed E-state index contributed by atoms with van der Waals surface area (Å²) in [6.45, 7) is 2.22. The average Bonchev–Trinajstić information content (AvgIpc) is 3.23. The molecule has 2 aromatic rings. The Kier molecular flexibility index (Phi) is 4.69. The van der Waals surface area contributed by atoms with Crippen molar-refractivity contribution in [3.63, 3.8) is 0 Å². The van der Waals surface area contributed by atoms with Crippen molar-refractivity contribution in [2.45, 2.75) is 20.0 Å². The van der Waals surface area contributed by atoms with E-state index in [0.717, 1.165) is 5.56 Å². The van der Waals surface area contributed by atoms with Gasteiger partial charge in [-0.15, -0.1) is 0 Å². The van der Waals surface area contributed by atoms with E-state index in [-0.39, 0.29) is 31.7 Å². The first-order chi connectivity index (χ1) is 11.6. The van der Waals surface area contributed by atoms with Crippen molar-refractivity contribution in [3.8, 4) is 11.5 Å². The standard InChI is InChI=1S/C17H18N2O5/c1-12(20)19(9-14-3-2-6-22-14)10-17(21)18-8-13-4-5-15-16(7-13)24-11-23-15/h2-7H,8-11H2,1H3,(H,18,21). The van der Waals surface area contributed by atoms with Crippen LogP contribution in [0.2, 0.25) is 0 Å². The summed E-state index contributed by atoms with van der Waals surface area (Å²) < 4.78 is 15.8. The molecule has 1 aromatic carbocycles. The zero-order chi connectivity index (χ0) is 16.9. The average molecular weight is 330 g/mol. The number of nitrogens with one attached hydrogen (secondary N) is 1. The number of ether oxygens (including phenoxy) is 2. The van der Waals surface area contributed by atoms with Crippen LogP contribution in [0.5, 0.6) is 11.5 Å². The third-order valence-corrected chi connectivity index (χ3v) is 3.63.